The summed E-state index contributed by atoms with van der Waals surface area (Å²) in [5, 5.41) is 0. The minimum Gasteiger partial charge on any atom is -0.493 e. The highest BCUT2D eigenvalue weighted by atomic mass is 19.1. The van der Waals surface area contributed by atoms with Crippen LogP contribution in [0.25, 0.3) is 0 Å². The fourth-order valence-electron chi connectivity index (χ4n) is 4.26. The van der Waals surface area contributed by atoms with E-state index in [0.717, 1.165) is 5.56 Å². The predicted octanol–water partition coefficient (Wildman–Crippen LogP) is 3.45. The first-order valence-corrected chi connectivity index (χ1v) is 10.6. The standard InChI is InChI=1S/C25H28FNO6/c1-6-27-12-11-15-13-19(30-2)20(31-3)14-17(15)21(16-9-7-8-10-18(16)26)22(24(28)32-4)23(27)25(29)33-5/h7-10,13-14,21H,6,11-12H2,1-5H3/b23-22+. The average Bonchev–Trinajstić information content (AvgIpc) is 2.84. The van der Waals surface area contributed by atoms with Gasteiger partial charge in [-0.05, 0) is 42.7 Å². The number of fused-ring (bicyclic) bond motifs is 1. The lowest BCUT2D eigenvalue weighted by Crippen LogP contribution is -2.36. The zero-order valence-corrected chi connectivity index (χ0v) is 19.4. The molecule has 1 aliphatic rings. The Morgan fingerprint density at radius 3 is 2.18 bits per heavy atom. The van der Waals surface area contributed by atoms with Gasteiger partial charge >= 0.3 is 11.9 Å². The number of hydrogen-bond donors (Lipinski definition) is 0. The van der Waals surface area contributed by atoms with Crippen LogP contribution in [0.1, 0.15) is 29.5 Å². The lowest BCUT2D eigenvalue weighted by Gasteiger charge is -2.33. The number of hydrogen-bond acceptors (Lipinski definition) is 7. The van der Waals surface area contributed by atoms with Crippen LogP contribution in [0.4, 0.5) is 4.39 Å². The van der Waals surface area contributed by atoms with Crippen molar-refractivity contribution in [3.8, 4) is 11.5 Å². The molecule has 2 aromatic rings. The number of halogens is 1. The lowest BCUT2D eigenvalue weighted by molar-refractivity contribution is -0.141. The molecular weight excluding hydrogens is 429 g/mol. The summed E-state index contributed by atoms with van der Waals surface area (Å²) >= 11 is 0. The summed E-state index contributed by atoms with van der Waals surface area (Å²) in [6.45, 7) is 2.72. The van der Waals surface area contributed by atoms with Crippen molar-refractivity contribution in [3.63, 3.8) is 0 Å². The van der Waals surface area contributed by atoms with Crippen LogP contribution in [0.2, 0.25) is 0 Å². The number of carbonyl (C=O) groups excluding carboxylic acids is 2. The predicted molar refractivity (Wildman–Crippen MR) is 120 cm³/mol. The Morgan fingerprint density at radius 2 is 1.61 bits per heavy atom. The van der Waals surface area contributed by atoms with Crippen LogP contribution in [0.15, 0.2) is 47.7 Å². The van der Waals surface area contributed by atoms with Gasteiger partial charge in [0.25, 0.3) is 0 Å². The van der Waals surface area contributed by atoms with E-state index in [-0.39, 0.29) is 16.8 Å². The molecule has 7 nitrogen and oxygen atoms in total. The molecule has 0 saturated heterocycles. The van der Waals surface area contributed by atoms with Gasteiger partial charge in [0.1, 0.15) is 11.5 Å². The average molecular weight is 457 g/mol. The van der Waals surface area contributed by atoms with Crippen LogP contribution >= 0.6 is 0 Å². The molecule has 176 valence electrons. The maximum Gasteiger partial charge on any atom is 0.354 e. The Balaban J connectivity index is 2.49. The van der Waals surface area contributed by atoms with Crippen LogP contribution in [0, 0.1) is 5.82 Å². The number of carbonyl (C=O) groups is 2. The van der Waals surface area contributed by atoms with Crippen molar-refractivity contribution in [1.29, 1.82) is 0 Å². The Hall–Kier alpha value is -3.55. The fourth-order valence-corrected chi connectivity index (χ4v) is 4.26. The molecule has 33 heavy (non-hydrogen) atoms. The molecule has 3 rings (SSSR count). The molecule has 0 spiro atoms. The highest BCUT2D eigenvalue weighted by Gasteiger charge is 2.38. The molecule has 8 heteroatoms. The summed E-state index contributed by atoms with van der Waals surface area (Å²) in [4.78, 5) is 27.9. The second-order valence-corrected chi connectivity index (χ2v) is 7.44. The normalized spacial score (nSPS) is 18.0. The van der Waals surface area contributed by atoms with Gasteiger partial charge in [-0.15, -0.1) is 0 Å². The molecule has 0 saturated carbocycles. The minimum atomic E-state index is -0.947. The van der Waals surface area contributed by atoms with Gasteiger partial charge in [-0.25, -0.2) is 14.0 Å². The summed E-state index contributed by atoms with van der Waals surface area (Å²) < 4.78 is 36.3. The number of esters is 2. The fraction of sp³-hybridized carbons (Fsp3) is 0.360. The van der Waals surface area contributed by atoms with Crippen LogP contribution in [0.3, 0.4) is 0 Å². The van der Waals surface area contributed by atoms with Crippen molar-refractivity contribution in [3.05, 3.63) is 70.2 Å². The number of methoxy groups -OCH3 is 4. The van der Waals surface area contributed by atoms with Crippen LogP contribution < -0.4 is 9.47 Å². The Kier molecular flexibility index (Phi) is 7.58. The van der Waals surface area contributed by atoms with E-state index in [0.29, 0.717) is 36.6 Å². The number of nitrogens with zero attached hydrogens (tertiary/aromatic N) is 1. The zero-order valence-electron chi connectivity index (χ0n) is 19.4. The molecule has 0 bridgehead atoms. The molecule has 0 N–H and O–H groups in total. The molecule has 1 atom stereocenters. The van der Waals surface area contributed by atoms with Crippen molar-refractivity contribution in [1.82, 2.24) is 4.90 Å². The van der Waals surface area contributed by atoms with Crippen molar-refractivity contribution in [2.24, 2.45) is 0 Å². The van der Waals surface area contributed by atoms with E-state index in [4.69, 9.17) is 18.9 Å². The van der Waals surface area contributed by atoms with Gasteiger partial charge in [0.05, 0.1) is 34.0 Å². The first-order valence-electron chi connectivity index (χ1n) is 10.6. The van der Waals surface area contributed by atoms with E-state index in [1.807, 2.05) is 13.0 Å². The monoisotopic (exact) mass is 457 g/mol. The van der Waals surface area contributed by atoms with Gasteiger partial charge in [-0.3, -0.25) is 0 Å². The lowest BCUT2D eigenvalue weighted by atomic mass is 9.79. The van der Waals surface area contributed by atoms with E-state index >= 15 is 4.39 Å². The van der Waals surface area contributed by atoms with Gasteiger partial charge in [-0.1, -0.05) is 18.2 Å². The Labute approximate surface area is 192 Å². The third-order valence-electron chi connectivity index (χ3n) is 5.85. The van der Waals surface area contributed by atoms with E-state index in [2.05, 4.69) is 0 Å². The second-order valence-electron chi connectivity index (χ2n) is 7.44. The Bertz CT molecular complexity index is 1080. The topological polar surface area (TPSA) is 74.3 Å². The van der Waals surface area contributed by atoms with Crippen molar-refractivity contribution < 1.29 is 32.9 Å². The number of ether oxygens (including phenoxy) is 4. The van der Waals surface area contributed by atoms with Crippen molar-refractivity contribution >= 4 is 11.9 Å². The molecule has 0 aliphatic carbocycles. The van der Waals surface area contributed by atoms with Crippen molar-refractivity contribution in [2.45, 2.75) is 19.3 Å². The molecule has 0 amide bonds. The third-order valence-corrected chi connectivity index (χ3v) is 5.85. The van der Waals surface area contributed by atoms with E-state index in [9.17, 15) is 9.59 Å². The molecule has 2 aromatic carbocycles. The van der Waals surface area contributed by atoms with Gasteiger partial charge in [-0.2, -0.15) is 0 Å². The molecular formula is C25H28FNO6. The summed E-state index contributed by atoms with van der Waals surface area (Å²) in [7, 11) is 5.51. The molecule has 0 radical (unpaired) electrons. The van der Waals surface area contributed by atoms with Gasteiger partial charge in [0.15, 0.2) is 11.5 Å². The molecule has 1 heterocycles. The first kappa shape index (κ1) is 24.1. The second kappa shape index (κ2) is 10.4. The third kappa shape index (κ3) is 4.51. The van der Waals surface area contributed by atoms with Gasteiger partial charge in [0, 0.05) is 24.6 Å². The highest BCUT2D eigenvalue weighted by Crippen LogP contribution is 2.43. The zero-order chi connectivity index (χ0) is 24.1. The molecule has 0 aromatic heterocycles. The summed E-state index contributed by atoms with van der Waals surface area (Å²) in [6.07, 6.45) is 0.517. The quantitative estimate of drug-likeness (QED) is 0.615. The van der Waals surface area contributed by atoms with E-state index in [1.165, 1.54) is 34.5 Å². The largest absolute Gasteiger partial charge is 0.493 e. The summed E-state index contributed by atoms with van der Waals surface area (Å²) in [6, 6.07) is 9.72. The molecule has 0 fully saturated rings. The summed E-state index contributed by atoms with van der Waals surface area (Å²) in [5.74, 6) is -1.96. The number of likely N-dealkylation sites (N-methyl/N-ethyl adjacent to an activating group) is 1. The number of benzene rings is 2. The van der Waals surface area contributed by atoms with Gasteiger partial charge < -0.3 is 23.8 Å². The van der Waals surface area contributed by atoms with Gasteiger partial charge in [0.2, 0.25) is 0 Å². The minimum absolute atomic E-state index is 0.00414. The SMILES string of the molecule is CCN1CCc2cc(OC)c(OC)cc2C(c2ccccc2F)/C(C(=O)OC)=C\1C(=O)OC. The van der Waals surface area contributed by atoms with E-state index in [1.54, 1.807) is 29.2 Å². The molecule has 1 unspecified atom stereocenters. The maximum absolute atomic E-state index is 15.2. The van der Waals surface area contributed by atoms with Crippen LogP contribution in [-0.4, -0.2) is 58.4 Å². The van der Waals surface area contributed by atoms with Crippen molar-refractivity contribution in [2.75, 3.05) is 41.5 Å². The highest BCUT2D eigenvalue weighted by molar-refractivity contribution is 6.02. The van der Waals surface area contributed by atoms with E-state index < -0.39 is 23.7 Å². The van der Waals surface area contributed by atoms with Crippen LogP contribution in [0.5, 0.6) is 11.5 Å². The Morgan fingerprint density at radius 1 is 0.970 bits per heavy atom. The summed E-state index contributed by atoms with van der Waals surface area (Å²) in [5.41, 5.74) is 1.75. The number of rotatable bonds is 6. The first-order chi connectivity index (χ1) is 15.9. The van der Waals surface area contributed by atoms with Crippen LogP contribution in [-0.2, 0) is 25.5 Å². The maximum atomic E-state index is 15.2. The smallest absolute Gasteiger partial charge is 0.354 e. The molecule has 1 aliphatic heterocycles.